The third-order valence-corrected chi connectivity index (χ3v) is 6.29. The van der Waals surface area contributed by atoms with Gasteiger partial charge in [0, 0.05) is 12.1 Å². The van der Waals surface area contributed by atoms with Crippen LogP contribution in [0.2, 0.25) is 0 Å². The van der Waals surface area contributed by atoms with Crippen LogP contribution in [-0.4, -0.2) is 55.4 Å². The number of carbonyl (C=O) groups excluding carboxylic acids is 2. The summed E-state index contributed by atoms with van der Waals surface area (Å²) in [5.74, 6) is 0.0969. The summed E-state index contributed by atoms with van der Waals surface area (Å²) in [5, 5.41) is 0. The minimum atomic E-state index is -3.11. The van der Waals surface area contributed by atoms with E-state index in [0.717, 1.165) is 0 Å². The van der Waals surface area contributed by atoms with Crippen molar-refractivity contribution in [2.45, 2.75) is 52.6 Å². The summed E-state index contributed by atoms with van der Waals surface area (Å²) in [6.45, 7) is 6.76. The Labute approximate surface area is 148 Å². The van der Waals surface area contributed by atoms with E-state index in [4.69, 9.17) is 9.15 Å². The maximum absolute atomic E-state index is 12.6. The molecule has 2 unspecified atom stereocenters. The number of hydrogen-bond donors (Lipinski definition) is 0. The lowest BCUT2D eigenvalue weighted by molar-refractivity contribution is -0.138. The molecule has 1 amide bonds. The van der Waals surface area contributed by atoms with Gasteiger partial charge in [0.15, 0.2) is 16.4 Å². The summed E-state index contributed by atoms with van der Waals surface area (Å²) in [6, 6.07) is 1.09. The number of sulfone groups is 1. The number of carbonyl (C=O) groups is 2. The molecule has 8 heteroatoms. The Bertz CT molecular complexity index is 751. The van der Waals surface area contributed by atoms with Crippen molar-refractivity contribution >= 4 is 21.7 Å². The molecule has 1 saturated heterocycles. The van der Waals surface area contributed by atoms with Crippen LogP contribution in [0.4, 0.5) is 0 Å². The lowest BCUT2D eigenvalue weighted by Gasteiger charge is -2.33. The van der Waals surface area contributed by atoms with E-state index in [9.17, 15) is 18.0 Å². The fourth-order valence-electron chi connectivity index (χ4n) is 3.11. The Balaban J connectivity index is 2.05. The minimum absolute atomic E-state index is 0.0307. The highest BCUT2D eigenvalue weighted by molar-refractivity contribution is 7.91. The van der Waals surface area contributed by atoms with Crippen molar-refractivity contribution in [1.29, 1.82) is 0 Å². The number of rotatable bonds is 6. The van der Waals surface area contributed by atoms with Crippen LogP contribution >= 0.6 is 0 Å². The molecule has 1 aliphatic rings. The number of furan rings is 1. The highest BCUT2D eigenvalue weighted by Crippen LogP contribution is 2.22. The summed E-state index contributed by atoms with van der Waals surface area (Å²) in [7, 11) is -3.11. The van der Waals surface area contributed by atoms with Gasteiger partial charge >= 0.3 is 5.97 Å². The maximum Gasteiger partial charge on any atom is 0.342 e. The van der Waals surface area contributed by atoms with Crippen molar-refractivity contribution in [3.05, 3.63) is 23.2 Å². The molecule has 1 aliphatic heterocycles. The van der Waals surface area contributed by atoms with Gasteiger partial charge in [-0.15, -0.1) is 0 Å². The Kier molecular flexibility index (Phi) is 5.92. The Morgan fingerprint density at radius 3 is 2.56 bits per heavy atom. The maximum atomic E-state index is 12.6. The van der Waals surface area contributed by atoms with E-state index in [2.05, 4.69) is 0 Å². The molecule has 0 N–H and O–H groups in total. The van der Waals surface area contributed by atoms with Crippen molar-refractivity contribution in [3.63, 3.8) is 0 Å². The molecule has 2 rings (SSSR count). The Morgan fingerprint density at radius 2 is 2.08 bits per heavy atom. The van der Waals surface area contributed by atoms with Crippen molar-refractivity contribution in [3.8, 4) is 0 Å². The number of ether oxygens (including phenoxy) is 1. The predicted octanol–water partition coefficient (Wildman–Crippen LogP) is 1.87. The second-order valence-corrected chi connectivity index (χ2v) is 8.75. The molecule has 0 saturated carbocycles. The molecule has 0 aromatic carbocycles. The molecule has 1 aromatic rings. The summed E-state index contributed by atoms with van der Waals surface area (Å²) < 4.78 is 33.9. The standard InChI is InChI=1S/C17H25NO6S/c1-5-11(2)18(14-6-7-25(21,22)10-14)16(19)9-23-17(20)15-8-12(3)24-13(15)4/h8,11,14H,5-7,9-10H2,1-4H3. The lowest BCUT2D eigenvalue weighted by Crippen LogP contribution is -2.48. The van der Waals surface area contributed by atoms with Crippen molar-refractivity contribution in [1.82, 2.24) is 4.90 Å². The summed E-state index contributed by atoms with van der Waals surface area (Å²) in [6.07, 6.45) is 1.11. The van der Waals surface area contributed by atoms with Crippen molar-refractivity contribution < 1.29 is 27.2 Å². The smallest absolute Gasteiger partial charge is 0.342 e. The third kappa shape index (κ3) is 4.62. The van der Waals surface area contributed by atoms with E-state index in [1.54, 1.807) is 24.8 Å². The Morgan fingerprint density at radius 1 is 1.40 bits per heavy atom. The second-order valence-electron chi connectivity index (χ2n) is 6.52. The summed E-state index contributed by atoms with van der Waals surface area (Å²) in [4.78, 5) is 26.3. The van der Waals surface area contributed by atoms with Gasteiger partial charge in [-0.05, 0) is 39.7 Å². The zero-order valence-corrected chi connectivity index (χ0v) is 15.9. The third-order valence-electron chi connectivity index (χ3n) is 4.54. The van der Waals surface area contributed by atoms with Gasteiger partial charge in [-0.1, -0.05) is 6.92 Å². The van der Waals surface area contributed by atoms with Gasteiger partial charge < -0.3 is 14.1 Å². The first-order chi connectivity index (χ1) is 11.6. The van der Waals surface area contributed by atoms with Crippen molar-refractivity contribution in [2.75, 3.05) is 18.1 Å². The van der Waals surface area contributed by atoms with Crippen molar-refractivity contribution in [2.24, 2.45) is 0 Å². The number of hydrogen-bond acceptors (Lipinski definition) is 6. The normalized spacial score (nSPS) is 20.2. The molecular formula is C17H25NO6S. The zero-order chi connectivity index (χ0) is 18.8. The quantitative estimate of drug-likeness (QED) is 0.709. The van der Waals surface area contributed by atoms with Crippen LogP contribution in [0.3, 0.4) is 0 Å². The summed E-state index contributed by atoms with van der Waals surface area (Å²) >= 11 is 0. The topological polar surface area (TPSA) is 93.9 Å². The van der Waals surface area contributed by atoms with E-state index in [0.29, 0.717) is 29.9 Å². The van der Waals surface area contributed by atoms with E-state index in [-0.39, 0.29) is 29.5 Å². The van der Waals surface area contributed by atoms with Gasteiger partial charge in [-0.25, -0.2) is 13.2 Å². The molecule has 2 heterocycles. The van der Waals surface area contributed by atoms with Gasteiger partial charge in [-0.3, -0.25) is 4.79 Å². The van der Waals surface area contributed by atoms with Gasteiger partial charge in [0.2, 0.25) is 0 Å². The SMILES string of the molecule is CCC(C)N(C(=O)COC(=O)c1cc(C)oc1C)C1CCS(=O)(=O)C1. The monoisotopic (exact) mass is 371 g/mol. The summed E-state index contributed by atoms with van der Waals surface area (Å²) in [5.41, 5.74) is 0.295. The molecule has 0 aliphatic carbocycles. The average Bonchev–Trinajstić information content (AvgIpc) is 3.06. The zero-order valence-electron chi connectivity index (χ0n) is 15.1. The molecule has 0 bridgehead atoms. The second kappa shape index (κ2) is 7.59. The average molecular weight is 371 g/mol. The van der Waals surface area contributed by atoms with E-state index >= 15 is 0 Å². The number of nitrogens with zero attached hydrogens (tertiary/aromatic N) is 1. The number of aryl methyl sites for hydroxylation is 2. The van der Waals surface area contributed by atoms with Crippen LogP contribution in [0.1, 0.15) is 48.6 Å². The van der Waals surface area contributed by atoms with Crippen LogP contribution in [0.15, 0.2) is 10.5 Å². The molecule has 140 valence electrons. The number of amides is 1. The van der Waals surface area contributed by atoms with Crippen LogP contribution in [0.25, 0.3) is 0 Å². The predicted molar refractivity (Wildman–Crippen MR) is 92.1 cm³/mol. The van der Waals surface area contributed by atoms with Crippen LogP contribution in [0.5, 0.6) is 0 Å². The van der Waals surface area contributed by atoms with E-state index < -0.39 is 22.4 Å². The highest BCUT2D eigenvalue weighted by Gasteiger charge is 2.36. The van der Waals surface area contributed by atoms with Gasteiger partial charge in [0.05, 0.1) is 11.5 Å². The molecular weight excluding hydrogens is 346 g/mol. The fourth-order valence-corrected chi connectivity index (χ4v) is 4.83. The number of esters is 1. The Hall–Kier alpha value is -1.83. The molecule has 7 nitrogen and oxygen atoms in total. The molecule has 2 atom stereocenters. The van der Waals surface area contributed by atoms with Crippen LogP contribution < -0.4 is 0 Å². The molecule has 1 aromatic heterocycles. The highest BCUT2D eigenvalue weighted by atomic mass is 32.2. The van der Waals surface area contributed by atoms with E-state index in [1.807, 2.05) is 13.8 Å². The fraction of sp³-hybridized carbons (Fsp3) is 0.647. The molecule has 0 radical (unpaired) electrons. The minimum Gasteiger partial charge on any atom is -0.466 e. The van der Waals surface area contributed by atoms with Gasteiger partial charge in [0.1, 0.15) is 17.1 Å². The molecule has 1 fully saturated rings. The largest absolute Gasteiger partial charge is 0.466 e. The first kappa shape index (κ1) is 19.5. The van der Waals surface area contributed by atoms with Gasteiger partial charge in [-0.2, -0.15) is 0 Å². The molecule has 25 heavy (non-hydrogen) atoms. The first-order valence-electron chi connectivity index (χ1n) is 8.40. The van der Waals surface area contributed by atoms with Crippen LogP contribution in [-0.2, 0) is 19.4 Å². The van der Waals surface area contributed by atoms with Gasteiger partial charge in [0.25, 0.3) is 5.91 Å². The lowest BCUT2D eigenvalue weighted by atomic mass is 10.1. The van der Waals surface area contributed by atoms with Crippen LogP contribution in [0, 0.1) is 13.8 Å². The first-order valence-corrected chi connectivity index (χ1v) is 10.2. The van der Waals surface area contributed by atoms with E-state index in [1.165, 1.54) is 0 Å². The molecule has 0 spiro atoms.